The van der Waals surface area contributed by atoms with Crippen molar-refractivity contribution in [2.24, 2.45) is 11.7 Å². The van der Waals surface area contributed by atoms with Gasteiger partial charge in [0.1, 0.15) is 5.75 Å². The van der Waals surface area contributed by atoms with Crippen molar-refractivity contribution in [3.8, 4) is 5.75 Å². The van der Waals surface area contributed by atoms with E-state index in [1.165, 1.54) is 23.1 Å². The van der Waals surface area contributed by atoms with Crippen molar-refractivity contribution in [2.75, 3.05) is 24.2 Å². The quantitative estimate of drug-likeness (QED) is 0.820. The van der Waals surface area contributed by atoms with E-state index in [9.17, 15) is 18.3 Å². The number of aromatic hydroxyl groups is 1. The third-order valence-corrected chi connectivity index (χ3v) is 4.31. The lowest BCUT2D eigenvalue weighted by atomic mass is 10.1. The van der Waals surface area contributed by atoms with Crippen molar-refractivity contribution in [2.45, 2.75) is 11.3 Å². The lowest BCUT2D eigenvalue weighted by Crippen LogP contribution is -2.26. The van der Waals surface area contributed by atoms with Crippen molar-refractivity contribution >= 4 is 21.4 Å². The normalized spacial score (nSPS) is 20.0. The molecular weight excluding hydrogens is 268 g/mol. The predicted molar refractivity (Wildman–Crippen MR) is 70.7 cm³/mol. The lowest BCUT2D eigenvalue weighted by Gasteiger charge is -2.18. The van der Waals surface area contributed by atoms with Gasteiger partial charge in [-0.3, -0.25) is 4.79 Å². The van der Waals surface area contributed by atoms with E-state index >= 15 is 0 Å². The van der Waals surface area contributed by atoms with Gasteiger partial charge < -0.3 is 15.7 Å². The summed E-state index contributed by atoms with van der Waals surface area (Å²) in [7, 11) is -3.38. The van der Waals surface area contributed by atoms with E-state index in [4.69, 9.17) is 5.73 Å². The number of hydrogen-bond acceptors (Lipinski definition) is 5. The molecule has 1 heterocycles. The fourth-order valence-electron chi connectivity index (χ4n) is 2.12. The number of carbonyl (C=O) groups is 1. The molecule has 7 heteroatoms. The molecule has 1 fully saturated rings. The van der Waals surface area contributed by atoms with E-state index < -0.39 is 9.84 Å². The predicted octanol–water partition coefficient (Wildman–Crippen LogP) is 0.107. The number of carbonyl (C=O) groups excluding carboxylic acids is 1. The van der Waals surface area contributed by atoms with E-state index in [-0.39, 0.29) is 28.2 Å². The number of amides is 1. The van der Waals surface area contributed by atoms with Gasteiger partial charge in [0.15, 0.2) is 9.84 Å². The highest BCUT2D eigenvalue weighted by molar-refractivity contribution is 7.90. The molecule has 1 aliphatic heterocycles. The standard InChI is InChI=1S/C12H16N2O4S/c1-19(17,18)9-2-3-11(15)10(5-9)14-7-8(6-13)4-12(14)16/h2-3,5,8,15H,4,6-7,13H2,1H3. The molecular formula is C12H16N2O4S. The maximum absolute atomic E-state index is 11.9. The van der Waals surface area contributed by atoms with Crippen LogP contribution in [0.1, 0.15) is 6.42 Å². The van der Waals surface area contributed by atoms with Gasteiger partial charge in [-0.1, -0.05) is 0 Å². The Hall–Kier alpha value is -1.60. The molecule has 0 bridgehead atoms. The molecule has 0 aliphatic carbocycles. The van der Waals surface area contributed by atoms with Gasteiger partial charge in [-0.05, 0) is 30.7 Å². The Balaban J connectivity index is 2.42. The Bertz CT molecular complexity index is 612. The molecule has 2 rings (SSSR count). The van der Waals surface area contributed by atoms with Crippen molar-refractivity contribution in [1.29, 1.82) is 0 Å². The van der Waals surface area contributed by atoms with Gasteiger partial charge >= 0.3 is 0 Å². The van der Waals surface area contributed by atoms with Gasteiger partial charge in [-0.25, -0.2) is 8.42 Å². The Morgan fingerprint density at radius 1 is 1.47 bits per heavy atom. The third kappa shape index (κ3) is 2.71. The summed E-state index contributed by atoms with van der Waals surface area (Å²) < 4.78 is 23.0. The summed E-state index contributed by atoms with van der Waals surface area (Å²) in [5, 5.41) is 9.82. The average molecular weight is 284 g/mol. The van der Waals surface area contributed by atoms with Crippen LogP contribution in [0.5, 0.6) is 5.75 Å². The largest absolute Gasteiger partial charge is 0.506 e. The van der Waals surface area contributed by atoms with Gasteiger partial charge in [-0.15, -0.1) is 0 Å². The van der Waals surface area contributed by atoms with Crippen LogP contribution in [0.15, 0.2) is 23.1 Å². The van der Waals surface area contributed by atoms with Gasteiger partial charge in [0, 0.05) is 19.2 Å². The first-order chi connectivity index (χ1) is 8.82. The topological polar surface area (TPSA) is 101 Å². The second-order valence-corrected chi connectivity index (χ2v) is 6.75. The molecule has 1 aliphatic rings. The van der Waals surface area contributed by atoms with Crippen LogP contribution in [0.25, 0.3) is 0 Å². The summed E-state index contributed by atoms with van der Waals surface area (Å²) in [6.07, 6.45) is 1.40. The second-order valence-electron chi connectivity index (χ2n) is 4.73. The van der Waals surface area contributed by atoms with Crippen molar-refractivity contribution in [3.05, 3.63) is 18.2 Å². The molecule has 0 saturated carbocycles. The van der Waals surface area contributed by atoms with Gasteiger partial charge in [0.25, 0.3) is 0 Å². The van der Waals surface area contributed by atoms with Crippen LogP contribution in [0, 0.1) is 5.92 Å². The van der Waals surface area contributed by atoms with E-state index in [1.54, 1.807) is 0 Å². The second kappa shape index (κ2) is 4.82. The van der Waals surface area contributed by atoms with E-state index in [0.717, 1.165) is 6.26 Å². The van der Waals surface area contributed by atoms with Crippen LogP contribution in [0.4, 0.5) is 5.69 Å². The fraction of sp³-hybridized carbons (Fsp3) is 0.417. The highest BCUT2D eigenvalue weighted by atomic mass is 32.2. The summed E-state index contributed by atoms with van der Waals surface area (Å²) in [5.74, 6) is -0.233. The van der Waals surface area contributed by atoms with Gasteiger partial charge in [-0.2, -0.15) is 0 Å². The molecule has 0 radical (unpaired) electrons. The number of nitrogens with zero attached hydrogens (tertiary/aromatic N) is 1. The Labute approximate surface area is 111 Å². The zero-order chi connectivity index (χ0) is 14.2. The van der Waals surface area contributed by atoms with Gasteiger partial charge in [0.05, 0.1) is 10.6 Å². The average Bonchev–Trinajstić information content (AvgIpc) is 2.69. The summed E-state index contributed by atoms with van der Waals surface area (Å²) in [5.41, 5.74) is 5.76. The summed E-state index contributed by atoms with van der Waals surface area (Å²) in [6, 6.07) is 3.92. The van der Waals surface area contributed by atoms with Crippen molar-refractivity contribution in [1.82, 2.24) is 0 Å². The molecule has 1 atom stereocenters. The molecule has 1 unspecified atom stereocenters. The third-order valence-electron chi connectivity index (χ3n) is 3.20. The molecule has 104 valence electrons. The zero-order valence-electron chi connectivity index (χ0n) is 10.5. The monoisotopic (exact) mass is 284 g/mol. The van der Waals surface area contributed by atoms with Crippen LogP contribution in [0.3, 0.4) is 0 Å². The minimum atomic E-state index is -3.38. The maximum atomic E-state index is 11.9. The molecule has 3 N–H and O–H groups in total. The first-order valence-electron chi connectivity index (χ1n) is 5.86. The Kier molecular flexibility index (Phi) is 3.51. The van der Waals surface area contributed by atoms with Crippen LogP contribution >= 0.6 is 0 Å². The summed E-state index contributed by atoms with van der Waals surface area (Å²) >= 11 is 0. The Morgan fingerprint density at radius 2 is 2.16 bits per heavy atom. The molecule has 0 aromatic heterocycles. The highest BCUT2D eigenvalue weighted by Gasteiger charge is 2.31. The number of benzene rings is 1. The lowest BCUT2D eigenvalue weighted by molar-refractivity contribution is -0.117. The molecule has 6 nitrogen and oxygen atoms in total. The van der Waals surface area contributed by atoms with Crippen LogP contribution in [-0.4, -0.2) is 38.8 Å². The number of nitrogens with two attached hydrogens (primary N) is 1. The number of hydrogen-bond donors (Lipinski definition) is 2. The molecule has 0 spiro atoms. The zero-order valence-corrected chi connectivity index (χ0v) is 11.4. The Morgan fingerprint density at radius 3 is 2.68 bits per heavy atom. The maximum Gasteiger partial charge on any atom is 0.227 e. The number of phenols is 1. The molecule has 19 heavy (non-hydrogen) atoms. The summed E-state index contributed by atoms with van der Waals surface area (Å²) in [6.45, 7) is 0.783. The van der Waals surface area contributed by atoms with E-state index in [1.807, 2.05) is 0 Å². The molecule has 1 amide bonds. The highest BCUT2D eigenvalue weighted by Crippen LogP contribution is 2.34. The smallest absolute Gasteiger partial charge is 0.227 e. The molecule has 1 aromatic carbocycles. The van der Waals surface area contributed by atoms with Crippen LogP contribution in [0.2, 0.25) is 0 Å². The van der Waals surface area contributed by atoms with Crippen molar-refractivity contribution in [3.63, 3.8) is 0 Å². The first kappa shape index (κ1) is 13.8. The number of anilines is 1. The summed E-state index contributed by atoms with van der Waals surface area (Å²) in [4.78, 5) is 13.3. The molecule has 1 aromatic rings. The molecule has 1 saturated heterocycles. The van der Waals surface area contributed by atoms with Crippen LogP contribution < -0.4 is 10.6 Å². The number of sulfone groups is 1. The van der Waals surface area contributed by atoms with E-state index in [0.29, 0.717) is 19.5 Å². The van der Waals surface area contributed by atoms with Crippen molar-refractivity contribution < 1.29 is 18.3 Å². The van der Waals surface area contributed by atoms with Gasteiger partial charge in [0.2, 0.25) is 5.91 Å². The SMILES string of the molecule is CS(=O)(=O)c1ccc(O)c(N2CC(CN)CC2=O)c1. The first-order valence-corrected chi connectivity index (χ1v) is 7.75. The van der Waals surface area contributed by atoms with Crippen LogP contribution in [-0.2, 0) is 14.6 Å². The van der Waals surface area contributed by atoms with E-state index in [2.05, 4.69) is 0 Å². The number of rotatable bonds is 3. The fourth-order valence-corrected chi connectivity index (χ4v) is 2.76. The minimum absolute atomic E-state index is 0.0359. The number of phenolic OH excluding ortho intramolecular Hbond substituents is 1. The minimum Gasteiger partial charge on any atom is -0.506 e.